The van der Waals surface area contributed by atoms with Gasteiger partial charge in [-0.05, 0) is 50.0 Å². The molecule has 2 saturated heterocycles. The summed E-state index contributed by atoms with van der Waals surface area (Å²) in [4.78, 5) is 76.7. The average molecular weight is 795 g/mol. The van der Waals surface area contributed by atoms with Crippen LogP contribution in [0.1, 0.15) is 82.7 Å². The maximum Gasteiger partial charge on any atom is 0.407 e. The number of likely N-dealkylation sites (tertiary alicyclic amines) is 2. The number of carbonyl (C=O) groups is 4. The summed E-state index contributed by atoms with van der Waals surface area (Å²) in [5, 5.41) is 8.91. The van der Waals surface area contributed by atoms with Crippen LogP contribution < -0.4 is 16.0 Å². The van der Waals surface area contributed by atoms with E-state index in [1.165, 1.54) is 14.2 Å². The van der Waals surface area contributed by atoms with Crippen LogP contribution in [0.25, 0.3) is 33.4 Å². The minimum Gasteiger partial charge on any atom is -0.453 e. The van der Waals surface area contributed by atoms with E-state index in [1.54, 1.807) is 4.90 Å². The van der Waals surface area contributed by atoms with E-state index in [0.29, 0.717) is 25.5 Å². The minimum absolute atomic E-state index is 0.113. The van der Waals surface area contributed by atoms with Crippen LogP contribution in [0.4, 0.5) is 9.59 Å². The predicted octanol–water partition coefficient (Wildman–Crippen LogP) is 5.39. The summed E-state index contributed by atoms with van der Waals surface area (Å²) in [6.45, 7) is 11.3. The minimum atomic E-state index is -0.698. The number of H-pyrrole nitrogens is 2. The Labute approximate surface area is 337 Å². The second-order valence-electron chi connectivity index (χ2n) is 16.0. The zero-order chi connectivity index (χ0) is 41.2. The van der Waals surface area contributed by atoms with E-state index in [-0.39, 0.29) is 41.8 Å². The molecule has 58 heavy (non-hydrogen) atoms. The molecule has 1 unspecified atom stereocenters. The Hall–Kier alpha value is -5.93. The van der Waals surface area contributed by atoms with Gasteiger partial charge in [-0.1, -0.05) is 64.1 Å². The normalized spacial score (nSPS) is 20.3. The lowest BCUT2D eigenvalue weighted by Crippen LogP contribution is -2.54. The first kappa shape index (κ1) is 40.3. The van der Waals surface area contributed by atoms with Crippen molar-refractivity contribution in [2.24, 2.45) is 16.8 Å². The molecule has 0 radical (unpaired) electrons. The molecular formula is C42H54N10O6. The molecule has 7 rings (SSSR count). The molecule has 16 heteroatoms. The number of amides is 4. The Morgan fingerprint density at radius 2 is 1.38 bits per heavy atom. The van der Waals surface area contributed by atoms with E-state index in [0.717, 1.165) is 76.3 Å². The molecule has 3 aliphatic heterocycles. The number of nitrogens with one attached hydrogen (secondary N) is 5. The summed E-state index contributed by atoms with van der Waals surface area (Å²) in [6, 6.07) is 10.4. The Morgan fingerprint density at radius 3 is 1.98 bits per heavy atom. The summed E-state index contributed by atoms with van der Waals surface area (Å²) in [5.74, 6) is 1.78. The number of alkyl carbamates (subject to hydrolysis) is 2. The van der Waals surface area contributed by atoms with Crippen molar-refractivity contribution >= 4 is 40.9 Å². The van der Waals surface area contributed by atoms with Crippen LogP contribution in [0.2, 0.25) is 0 Å². The molecule has 16 nitrogen and oxygen atoms in total. The van der Waals surface area contributed by atoms with Crippen LogP contribution in [0, 0.1) is 18.8 Å². The van der Waals surface area contributed by atoms with E-state index >= 15 is 0 Å². The number of rotatable bonds is 11. The van der Waals surface area contributed by atoms with Gasteiger partial charge in [0.25, 0.3) is 0 Å². The largest absolute Gasteiger partial charge is 0.453 e. The third-order valence-electron chi connectivity index (χ3n) is 11.5. The molecule has 2 aromatic heterocycles. The Morgan fingerprint density at radius 1 is 0.793 bits per heavy atom. The van der Waals surface area contributed by atoms with Crippen LogP contribution in [-0.2, 0) is 19.1 Å². The summed E-state index contributed by atoms with van der Waals surface area (Å²) in [7, 11) is 2.58. The highest BCUT2D eigenvalue weighted by Crippen LogP contribution is 2.37. The van der Waals surface area contributed by atoms with E-state index in [2.05, 4.69) is 50.2 Å². The molecular weight excluding hydrogens is 741 g/mol. The highest BCUT2D eigenvalue weighted by atomic mass is 16.5. The van der Waals surface area contributed by atoms with Crippen LogP contribution in [-0.4, -0.2) is 112 Å². The number of benzene rings is 2. The Bertz CT molecular complexity index is 2190. The number of nitrogens with zero attached hydrogens (tertiary/aromatic N) is 5. The third kappa shape index (κ3) is 7.96. The zero-order valence-electron chi connectivity index (χ0n) is 34.2. The number of aromatic amines is 2. The highest BCUT2D eigenvalue weighted by molar-refractivity contribution is 5.97. The molecule has 0 aliphatic carbocycles. The van der Waals surface area contributed by atoms with Gasteiger partial charge in [-0.15, -0.1) is 0 Å². The number of aryl methyl sites for hydroxylation is 1. The number of carbonyl (C=O) groups excluding carboxylic acids is 4. The molecule has 5 atom stereocenters. The molecule has 5 N–H and O–H groups in total. The summed E-state index contributed by atoms with van der Waals surface area (Å²) in [5.41, 5.74) is 6.50. The van der Waals surface area contributed by atoms with E-state index < -0.39 is 24.3 Å². The molecule has 4 amide bonds. The van der Waals surface area contributed by atoms with Gasteiger partial charge in [-0.2, -0.15) is 0 Å². The topological polar surface area (TPSA) is 199 Å². The first-order chi connectivity index (χ1) is 27.9. The van der Waals surface area contributed by atoms with Crippen molar-refractivity contribution in [2.75, 3.05) is 33.9 Å². The maximum atomic E-state index is 13.7. The lowest BCUT2D eigenvalue weighted by atomic mass is 9.97. The Kier molecular flexibility index (Phi) is 11.7. The lowest BCUT2D eigenvalue weighted by molar-refractivity contribution is -0.135. The van der Waals surface area contributed by atoms with Gasteiger partial charge < -0.3 is 45.2 Å². The van der Waals surface area contributed by atoms with E-state index in [4.69, 9.17) is 24.4 Å². The van der Waals surface area contributed by atoms with Crippen molar-refractivity contribution < 1.29 is 28.7 Å². The number of amidine groups is 1. The molecule has 4 aromatic rings. The molecule has 308 valence electrons. The molecule has 3 aliphatic rings. The highest BCUT2D eigenvalue weighted by Gasteiger charge is 2.40. The number of ether oxygens (including phenoxy) is 2. The van der Waals surface area contributed by atoms with Crippen LogP contribution >= 0.6 is 0 Å². The van der Waals surface area contributed by atoms with Crippen molar-refractivity contribution in [1.29, 1.82) is 0 Å². The van der Waals surface area contributed by atoms with Crippen molar-refractivity contribution in [3.05, 3.63) is 59.8 Å². The average Bonchev–Trinajstić information content (AvgIpc) is 4.06. The molecule has 2 aromatic carbocycles. The van der Waals surface area contributed by atoms with Crippen molar-refractivity contribution in [3.63, 3.8) is 0 Å². The van der Waals surface area contributed by atoms with Crippen molar-refractivity contribution in [2.45, 2.75) is 90.5 Å². The van der Waals surface area contributed by atoms with Gasteiger partial charge in [-0.3, -0.25) is 14.6 Å². The number of methoxy groups -OCH3 is 2. The SMILES string of the molecule is COC(=O)N[C@H](C(=O)N1CCC[C@H]1C1=NC(c2ccc(-c3ccc(-c4c[nH]c([C@@H]5CCCN5C(=O)[C@@H](NC(=O)OC)C(C)C)n4)cc3)c3[nH]c(C)nc23)CN1)C(C)C. The van der Waals surface area contributed by atoms with Crippen molar-refractivity contribution in [3.8, 4) is 22.4 Å². The van der Waals surface area contributed by atoms with Gasteiger partial charge in [0.05, 0.1) is 49.1 Å². The standard InChI is InChI=1S/C42H54N10O6/c1-22(2)33(49-41(55)57-6)39(53)51-18-8-10-31(51)37-43-20-29(47-37)26-14-12-25(13-15-26)27-16-17-28(36-35(27)45-24(5)46-36)30-21-44-38(48-30)32-11-9-19-52(32)40(54)34(23(3)4)50-42(56)58-7/h12-17,20,22-23,30-34H,8-11,18-19,21H2,1-7H3,(H,43,47)(H,44,48)(H,45,46)(H,49,55)(H,50,56)/t30?,31-,32-,33-,34-/m0/s1. The fourth-order valence-electron chi connectivity index (χ4n) is 8.45. The van der Waals surface area contributed by atoms with Gasteiger partial charge in [0.2, 0.25) is 11.8 Å². The summed E-state index contributed by atoms with van der Waals surface area (Å²) in [6.07, 6.45) is 3.86. The first-order valence-electron chi connectivity index (χ1n) is 20.1. The lowest BCUT2D eigenvalue weighted by Gasteiger charge is -2.30. The van der Waals surface area contributed by atoms with Gasteiger partial charge >= 0.3 is 12.2 Å². The smallest absolute Gasteiger partial charge is 0.407 e. The van der Waals surface area contributed by atoms with E-state index in [1.807, 2.05) is 57.8 Å². The number of aliphatic imine (C=N–C) groups is 1. The number of hydrogen-bond acceptors (Lipinski definition) is 10. The first-order valence-corrected chi connectivity index (χ1v) is 20.1. The monoisotopic (exact) mass is 794 g/mol. The van der Waals surface area contributed by atoms with E-state index in [9.17, 15) is 19.2 Å². The third-order valence-corrected chi connectivity index (χ3v) is 11.5. The number of fused-ring (bicyclic) bond motifs is 1. The van der Waals surface area contributed by atoms with Gasteiger partial charge in [-0.25, -0.2) is 19.6 Å². The molecule has 0 spiro atoms. The predicted molar refractivity (Wildman–Crippen MR) is 219 cm³/mol. The number of imidazole rings is 2. The summed E-state index contributed by atoms with van der Waals surface area (Å²) < 4.78 is 9.56. The number of hydrogen-bond donors (Lipinski definition) is 5. The number of aromatic nitrogens is 4. The molecule has 2 fully saturated rings. The van der Waals surface area contributed by atoms with Crippen molar-refractivity contribution in [1.82, 2.24) is 45.7 Å². The second kappa shape index (κ2) is 16.9. The zero-order valence-corrected chi connectivity index (χ0v) is 34.2. The molecule has 5 heterocycles. The second-order valence-corrected chi connectivity index (χ2v) is 16.0. The van der Waals surface area contributed by atoms with Gasteiger partial charge in [0.15, 0.2) is 0 Å². The van der Waals surface area contributed by atoms with Crippen LogP contribution in [0.5, 0.6) is 0 Å². The fraction of sp³-hybridized carbons (Fsp3) is 0.500. The van der Waals surface area contributed by atoms with Gasteiger partial charge in [0, 0.05) is 42.5 Å². The summed E-state index contributed by atoms with van der Waals surface area (Å²) >= 11 is 0. The molecule has 0 bridgehead atoms. The maximum absolute atomic E-state index is 13.7. The van der Waals surface area contributed by atoms with Gasteiger partial charge in [0.1, 0.15) is 29.6 Å². The quantitative estimate of drug-likeness (QED) is 0.132. The molecule has 0 saturated carbocycles. The van der Waals surface area contributed by atoms with Crippen LogP contribution in [0.15, 0.2) is 47.6 Å². The Balaban J connectivity index is 1.08. The fourth-order valence-corrected chi connectivity index (χ4v) is 8.45. The van der Waals surface area contributed by atoms with Crippen LogP contribution in [0.3, 0.4) is 0 Å².